The Balaban J connectivity index is 2.64. The van der Waals surface area contributed by atoms with Gasteiger partial charge in [-0.25, -0.2) is 4.79 Å². The largest absolute Gasteiger partial charge is 0.479 e. The van der Waals surface area contributed by atoms with E-state index in [0.29, 0.717) is 19.3 Å². The van der Waals surface area contributed by atoms with Gasteiger partial charge in [-0.1, -0.05) is 235 Å². The molecule has 1 rings (SSSR count). The first-order valence-electron chi connectivity index (χ1n) is 32.9. The molecule has 0 amide bonds. The second kappa shape index (κ2) is 56.6. The zero-order valence-corrected chi connectivity index (χ0v) is 51.5. The first-order chi connectivity index (χ1) is 39.6. The van der Waals surface area contributed by atoms with Crippen molar-refractivity contribution in [2.45, 2.75) is 327 Å². The molecule has 1 fully saturated rings. The summed E-state index contributed by atoms with van der Waals surface area (Å²) in [4.78, 5) is 51.3. The summed E-state index contributed by atoms with van der Waals surface area (Å²) >= 11 is 0. The highest BCUT2D eigenvalue weighted by atomic mass is 16.7. The molecule has 0 spiro atoms. The van der Waals surface area contributed by atoms with E-state index in [0.717, 1.165) is 135 Å². The maximum absolute atomic E-state index is 13.2. The standard InChI is InChI=1S/C69H118O12/c1-4-7-10-13-16-19-22-25-27-29-31-33-35-38-40-43-46-49-52-55-61(70)77-58-60(79-62(71)56-53-50-47-44-41-37-24-21-18-15-12-9-6-3)59-78-69-67(65(74)64(73)66(81-69)68(75)76)80-63(72)57-54-51-48-45-42-39-36-34-32-30-28-26-23-20-17-14-11-8-5-2/h12,15-16,19,21,24-28,31,33,60,64-67,69,73-74H,4-11,13-14,17-18,20,22-23,29-30,32,34-59H2,1-3H3,(H,75,76)/b15-12-,19-16-,24-21-,27-25-,28-26-,33-31-. The first-order valence-corrected chi connectivity index (χ1v) is 32.9. The summed E-state index contributed by atoms with van der Waals surface area (Å²) in [6.45, 7) is 5.90. The number of carboxylic acids is 1. The number of esters is 3. The Morgan fingerprint density at radius 1 is 0.407 bits per heavy atom. The molecule has 0 aromatic heterocycles. The zero-order valence-electron chi connectivity index (χ0n) is 51.5. The van der Waals surface area contributed by atoms with Gasteiger partial charge in [0.15, 0.2) is 24.6 Å². The molecule has 466 valence electrons. The Morgan fingerprint density at radius 3 is 1.21 bits per heavy atom. The normalized spacial score (nSPS) is 18.2. The van der Waals surface area contributed by atoms with Crippen molar-refractivity contribution in [1.82, 2.24) is 0 Å². The molecule has 1 aliphatic heterocycles. The Bertz CT molecular complexity index is 1680. The summed E-state index contributed by atoms with van der Waals surface area (Å²) in [6, 6.07) is 0. The topological polar surface area (TPSA) is 175 Å². The lowest BCUT2D eigenvalue weighted by Gasteiger charge is -2.40. The number of aliphatic hydroxyl groups is 2. The average Bonchev–Trinajstić information content (AvgIpc) is 3.54. The molecule has 0 aromatic rings. The van der Waals surface area contributed by atoms with Gasteiger partial charge < -0.3 is 39.0 Å². The van der Waals surface area contributed by atoms with Gasteiger partial charge in [0, 0.05) is 19.3 Å². The Morgan fingerprint density at radius 2 is 0.765 bits per heavy atom. The second-order valence-electron chi connectivity index (χ2n) is 22.4. The molecule has 0 radical (unpaired) electrons. The number of ether oxygens (including phenoxy) is 5. The summed E-state index contributed by atoms with van der Waals surface area (Å²) in [5.41, 5.74) is 0. The molecule has 1 aliphatic rings. The van der Waals surface area contributed by atoms with Crippen molar-refractivity contribution >= 4 is 23.9 Å². The van der Waals surface area contributed by atoms with Crippen LogP contribution in [0.25, 0.3) is 0 Å². The number of unbranched alkanes of at least 4 members (excludes halogenated alkanes) is 30. The lowest BCUT2D eigenvalue weighted by Crippen LogP contribution is -2.61. The number of carbonyl (C=O) groups is 4. The van der Waals surface area contributed by atoms with Crippen LogP contribution in [0.5, 0.6) is 0 Å². The van der Waals surface area contributed by atoms with Crippen molar-refractivity contribution in [3.8, 4) is 0 Å². The molecule has 12 nitrogen and oxygen atoms in total. The number of carbonyl (C=O) groups excluding carboxylic acids is 3. The number of carboxylic acid groups (broad SMARTS) is 1. The smallest absolute Gasteiger partial charge is 0.335 e. The van der Waals surface area contributed by atoms with E-state index < -0.39 is 67.3 Å². The molecular weight excluding hydrogens is 1020 g/mol. The number of aliphatic hydroxyl groups excluding tert-OH is 2. The molecule has 6 atom stereocenters. The molecule has 3 N–H and O–H groups in total. The van der Waals surface area contributed by atoms with Crippen LogP contribution >= 0.6 is 0 Å². The molecule has 1 saturated heterocycles. The average molecular weight is 1140 g/mol. The molecule has 81 heavy (non-hydrogen) atoms. The molecule has 0 bridgehead atoms. The van der Waals surface area contributed by atoms with Crippen LogP contribution < -0.4 is 0 Å². The van der Waals surface area contributed by atoms with Gasteiger partial charge in [-0.2, -0.15) is 0 Å². The maximum Gasteiger partial charge on any atom is 0.335 e. The van der Waals surface area contributed by atoms with Gasteiger partial charge in [0.25, 0.3) is 0 Å². The summed E-state index contributed by atoms with van der Waals surface area (Å²) in [7, 11) is 0. The van der Waals surface area contributed by atoms with Crippen molar-refractivity contribution in [2.75, 3.05) is 13.2 Å². The predicted octanol–water partition coefficient (Wildman–Crippen LogP) is 17.7. The Kier molecular flexibility index (Phi) is 52.6. The maximum atomic E-state index is 13.2. The fraction of sp³-hybridized carbons (Fsp3) is 0.768. The lowest BCUT2D eigenvalue weighted by molar-refractivity contribution is -0.301. The van der Waals surface area contributed by atoms with Gasteiger partial charge in [-0.3, -0.25) is 14.4 Å². The van der Waals surface area contributed by atoms with E-state index in [1.54, 1.807) is 0 Å². The highest BCUT2D eigenvalue weighted by Gasteiger charge is 2.50. The third-order valence-corrected chi connectivity index (χ3v) is 14.7. The van der Waals surface area contributed by atoms with Crippen LogP contribution in [0.1, 0.15) is 290 Å². The van der Waals surface area contributed by atoms with Crippen LogP contribution in [0.15, 0.2) is 72.9 Å². The number of hydrogen-bond donors (Lipinski definition) is 3. The van der Waals surface area contributed by atoms with Crippen LogP contribution in [-0.2, 0) is 42.9 Å². The van der Waals surface area contributed by atoms with Gasteiger partial charge in [0.2, 0.25) is 0 Å². The fourth-order valence-electron chi connectivity index (χ4n) is 9.64. The molecule has 12 heteroatoms. The number of aliphatic carboxylic acids is 1. The van der Waals surface area contributed by atoms with Crippen LogP contribution in [0, 0.1) is 0 Å². The van der Waals surface area contributed by atoms with E-state index >= 15 is 0 Å². The summed E-state index contributed by atoms with van der Waals surface area (Å²) in [6.07, 6.45) is 60.0. The van der Waals surface area contributed by atoms with Gasteiger partial charge in [0.1, 0.15) is 18.8 Å². The highest BCUT2D eigenvalue weighted by Crippen LogP contribution is 2.27. The third-order valence-electron chi connectivity index (χ3n) is 14.7. The molecule has 1 heterocycles. The minimum absolute atomic E-state index is 0.0544. The van der Waals surface area contributed by atoms with E-state index in [2.05, 4.69) is 93.7 Å². The predicted molar refractivity (Wildman–Crippen MR) is 331 cm³/mol. The van der Waals surface area contributed by atoms with E-state index in [1.165, 1.54) is 96.3 Å². The van der Waals surface area contributed by atoms with Crippen LogP contribution in [-0.4, -0.2) is 89.2 Å². The quantitative estimate of drug-likeness (QED) is 0.0228. The first kappa shape index (κ1) is 75.2. The monoisotopic (exact) mass is 1140 g/mol. The number of rotatable bonds is 56. The van der Waals surface area contributed by atoms with Crippen molar-refractivity contribution in [3.63, 3.8) is 0 Å². The lowest BCUT2D eigenvalue weighted by atomic mass is 9.98. The van der Waals surface area contributed by atoms with E-state index in [-0.39, 0.29) is 25.9 Å². The SMILES string of the molecule is CCC/C=C\C/C=C\CCCCCCCC(=O)OC(COC(=O)CCCCCCCC/C=C\C/C=C\C/C=C\CCCCC)COC1OC(C(=O)O)C(O)C(O)C1OC(=O)CCCCCCCCCCC/C=C\CCCCCCCC. The highest BCUT2D eigenvalue weighted by molar-refractivity contribution is 5.74. The fourth-order valence-corrected chi connectivity index (χ4v) is 9.64. The minimum atomic E-state index is -1.91. The second-order valence-corrected chi connectivity index (χ2v) is 22.4. The summed E-state index contributed by atoms with van der Waals surface area (Å²) in [5, 5.41) is 31.6. The van der Waals surface area contributed by atoms with Gasteiger partial charge in [-0.05, 0) is 109 Å². The van der Waals surface area contributed by atoms with E-state index in [9.17, 15) is 34.5 Å². The summed E-state index contributed by atoms with van der Waals surface area (Å²) < 4.78 is 28.5. The van der Waals surface area contributed by atoms with Crippen LogP contribution in [0.4, 0.5) is 0 Å². The molecule has 0 aliphatic carbocycles. The molecule has 0 saturated carbocycles. The minimum Gasteiger partial charge on any atom is -0.479 e. The number of hydrogen-bond acceptors (Lipinski definition) is 11. The summed E-state index contributed by atoms with van der Waals surface area (Å²) in [5.74, 6) is -3.15. The van der Waals surface area contributed by atoms with E-state index in [4.69, 9.17) is 23.7 Å². The van der Waals surface area contributed by atoms with Crippen LogP contribution in [0.3, 0.4) is 0 Å². The number of allylic oxidation sites excluding steroid dienone is 12. The Labute approximate surface area is 493 Å². The third kappa shape index (κ3) is 46.3. The van der Waals surface area contributed by atoms with Gasteiger partial charge >= 0.3 is 23.9 Å². The molecule has 6 unspecified atom stereocenters. The molecular formula is C69H118O12. The van der Waals surface area contributed by atoms with E-state index in [1.807, 2.05) is 0 Å². The van der Waals surface area contributed by atoms with Crippen molar-refractivity contribution in [2.24, 2.45) is 0 Å². The van der Waals surface area contributed by atoms with Gasteiger partial charge in [-0.15, -0.1) is 0 Å². The van der Waals surface area contributed by atoms with Gasteiger partial charge in [0.05, 0.1) is 6.61 Å². The van der Waals surface area contributed by atoms with Crippen LogP contribution in [0.2, 0.25) is 0 Å². The molecule has 0 aromatic carbocycles. The van der Waals surface area contributed by atoms with Crippen molar-refractivity contribution < 1.29 is 58.2 Å². The zero-order chi connectivity index (χ0) is 58.9. The van der Waals surface area contributed by atoms with Crippen molar-refractivity contribution in [3.05, 3.63) is 72.9 Å². The Hall–Kier alpha value is -3.84. The van der Waals surface area contributed by atoms with Crippen molar-refractivity contribution in [1.29, 1.82) is 0 Å².